The van der Waals surface area contributed by atoms with Gasteiger partial charge in [0.05, 0.1) is 5.69 Å². The predicted molar refractivity (Wildman–Crippen MR) is 205 cm³/mol. The monoisotopic (exact) mass is 692 g/mol. The molecule has 3 aromatic heterocycles. The molecule has 0 radical (unpaired) electrons. The molecule has 1 saturated carbocycles. The third kappa shape index (κ3) is 8.31. The Morgan fingerprint density at radius 3 is 2.14 bits per heavy atom. The molecule has 4 N–H and O–H groups in total. The van der Waals surface area contributed by atoms with E-state index in [1.165, 1.54) is 0 Å². The molecule has 0 aliphatic heterocycles. The molecule has 1 aliphatic carbocycles. The zero-order valence-electron chi connectivity index (χ0n) is 33.1. The molecule has 0 spiro atoms. The number of unbranched alkanes of at least 4 members (excludes halogenated alkanes) is 1. The molecule has 1 aliphatic rings. The highest BCUT2D eigenvalue weighted by Gasteiger charge is 2.48. The van der Waals surface area contributed by atoms with Gasteiger partial charge >= 0.3 is 5.97 Å². The number of nitrogens with zero attached hydrogens (tertiary/aromatic N) is 3. The Morgan fingerprint density at radius 2 is 1.64 bits per heavy atom. The van der Waals surface area contributed by atoms with Gasteiger partial charge in [-0.1, -0.05) is 109 Å². The van der Waals surface area contributed by atoms with Gasteiger partial charge in [-0.3, -0.25) is 9.89 Å². The Balaban J connectivity index is 1.87. The van der Waals surface area contributed by atoms with E-state index >= 15 is 0 Å². The van der Waals surface area contributed by atoms with Gasteiger partial charge in [-0.25, -0.2) is 9.78 Å². The van der Waals surface area contributed by atoms with Crippen LogP contribution >= 0.6 is 0 Å². The maximum Gasteiger partial charge on any atom is 0.342 e. The number of rotatable bonds is 13. The maximum atomic E-state index is 14.8. The van der Waals surface area contributed by atoms with Crippen LogP contribution in [0.5, 0.6) is 0 Å². The van der Waals surface area contributed by atoms with E-state index in [0.29, 0.717) is 52.4 Å². The number of ether oxygens (including phenoxy) is 1. The summed E-state index contributed by atoms with van der Waals surface area (Å²) in [6.07, 6.45) is 6.90. The second-order valence-corrected chi connectivity index (χ2v) is 17.5. The molecule has 3 heterocycles. The lowest BCUT2D eigenvalue weighted by molar-refractivity contribution is -0.120. The van der Waals surface area contributed by atoms with Gasteiger partial charge < -0.3 is 20.4 Å². The molecule has 10 heteroatoms. The largest absolute Gasteiger partial charge is 0.458 e. The van der Waals surface area contributed by atoms with Crippen LogP contribution < -0.4 is 10.6 Å². The molecule has 4 rings (SSSR count). The standard InChI is InChI=1S/C40H65N7O3/c1-15-18-19-25(16-2)37(48)44-35-30(38(49)50-32-26(39(9,10)11)20-24(8)21-27(32)40(12,13)14)29(22(4)5)34(42-35)41-31-28(17-3)45-47-36(31)43-33(46-47)23(6)7/h17,22-27,32,41-42,45H,3,15-16,18-21H2,1-2,4-14H3,(H,44,48). The minimum absolute atomic E-state index is 0.0621. The summed E-state index contributed by atoms with van der Waals surface area (Å²) in [5.41, 5.74) is 2.99. The molecule has 0 bridgehead atoms. The highest BCUT2D eigenvalue weighted by molar-refractivity contribution is 6.04. The summed E-state index contributed by atoms with van der Waals surface area (Å²) in [5.74, 6) is 1.93. The second kappa shape index (κ2) is 15.4. The normalized spacial score (nSPS) is 20.8. The van der Waals surface area contributed by atoms with Gasteiger partial charge in [0, 0.05) is 29.2 Å². The van der Waals surface area contributed by atoms with Crippen molar-refractivity contribution in [1.29, 1.82) is 0 Å². The number of anilines is 3. The van der Waals surface area contributed by atoms with Crippen LogP contribution in [0.3, 0.4) is 0 Å². The average molecular weight is 692 g/mol. The SMILES string of the molecule is C=Cc1[nH]n2nc(C(C)C)nc2c1Nc1[nH]c(NC(=O)C(CC)CCCC)c(C(=O)OC2C(C(C)(C)C)CC(C)CC2C(C)(C)C)c1C(C)C. The molecular weight excluding hydrogens is 626 g/mol. The van der Waals surface area contributed by atoms with Gasteiger partial charge in [-0.2, -0.15) is 4.63 Å². The molecule has 0 aromatic carbocycles. The van der Waals surface area contributed by atoms with Crippen molar-refractivity contribution >= 4 is 40.9 Å². The predicted octanol–water partition coefficient (Wildman–Crippen LogP) is 10.5. The van der Waals surface area contributed by atoms with Gasteiger partial charge in [0.1, 0.15) is 29.0 Å². The Morgan fingerprint density at radius 1 is 1.02 bits per heavy atom. The van der Waals surface area contributed by atoms with E-state index in [1.807, 2.05) is 6.92 Å². The fourth-order valence-electron chi connectivity index (χ4n) is 7.74. The Labute approximate surface area is 300 Å². The van der Waals surface area contributed by atoms with Gasteiger partial charge in [0.15, 0.2) is 11.5 Å². The van der Waals surface area contributed by atoms with Crippen LogP contribution in [-0.4, -0.2) is 42.8 Å². The smallest absolute Gasteiger partial charge is 0.342 e. The van der Waals surface area contributed by atoms with Gasteiger partial charge in [0.25, 0.3) is 0 Å². The third-order valence-electron chi connectivity index (χ3n) is 10.7. The summed E-state index contributed by atoms with van der Waals surface area (Å²) in [5, 5.41) is 14.6. The first-order valence-corrected chi connectivity index (χ1v) is 19.0. The van der Waals surface area contributed by atoms with Crippen LogP contribution in [0.1, 0.15) is 168 Å². The van der Waals surface area contributed by atoms with Crippen molar-refractivity contribution in [1.82, 2.24) is 24.8 Å². The quantitative estimate of drug-likeness (QED) is 0.132. The molecule has 1 fully saturated rings. The second-order valence-electron chi connectivity index (χ2n) is 17.5. The number of carbonyl (C=O) groups excluding carboxylic acids is 2. The molecule has 50 heavy (non-hydrogen) atoms. The van der Waals surface area contributed by atoms with E-state index < -0.39 is 5.97 Å². The first-order valence-electron chi connectivity index (χ1n) is 19.0. The van der Waals surface area contributed by atoms with E-state index in [9.17, 15) is 9.59 Å². The Kier molecular flexibility index (Phi) is 12.0. The molecule has 3 unspecified atom stereocenters. The zero-order valence-corrected chi connectivity index (χ0v) is 33.1. The topological polar surface area (TPSA) is 129 Å². The molecule has 0 saturated heterocycles. The summed E-state index contributed by atoms with van der Waals surface area (Å²) < 4.78 is 8.42. The molecule has 278 valence electrons. The van der Waals surface area contributed by atoms with Crippen LogP contribution in [0.4, 0.5) is 17.3 Å². The highest BCUT2D eigenvalue weighted by atomic mass is 16.5. The van der Waals surface area contributed by atoms with Crippen molar-refractivity contribution in [3.05, 3.63) is 29.2 Å². The van der Waals surface area contributed by atoms with Gasteiger partial charge in [0.2, 0.25) is 5.91 Å². The van der Waals surface area contributed by atoms with Crippen LogP contribution in [0.2, 0.25) is 0 Å². The number of H-pyrrole nitrogens is 2. The molecule has 3 atom stereocenters. The maximum absolute atomic E-state index is 14.8. The Bertz CT molecular complexity index is 1620. The van der Waals surface area contributed by atoms with E-state index in [1.54, 1.807) is 10.7 Å². The van der Waals surface area contributed by atoms with E-state index in [4.69, 9.17) is 9.72 Å². The first kappa shape index (κ1) is 39.2. The summed E-state index contributed by atoms with van der Waals surface area (Å²) in [6.45, 7) is 32.2. The molecule has 3 aromatic rings. The number of esters is 1. The number of nitrogens with one attached hydrogen (secondary N) is 4. The van der Waals surface area contributed by atoms with E-state index in [2.05, 4.69) is 115 Å². The summed E-state index contributed by atoms with van der Waals surface area (Å²) in [7, 11) is 0. The fraction of sp³-hybridized carbons (Fsp3) is 0.700. The summed E-state index contributed by atoms with van der Waals surface area (Å²) >= 11 is 0. The molecule has 1 amide bonds. The number of aromatic nitrogens is 5. The first-order chi connectivity index (χ1) is 23.3. The third-order valence-corrected chi connectivity index (χ3v) is 10.7. The van der Waals surface area contributed by atoms with Crippen molar-refractivity contribution < 1.29 is 14.3 Å². The number of fused-ring (bicyclic) bond motifs is 1. The minimum Gasteiger partial charge on any atom is -0.458 e. The molecule has 10 nitrogen and oxygen atoms in total. The van der Waals surface area contributed by atoms with Gasteiger partial charge in [-0.05, 0) is 54.4 Å². The number of carbonyl (C=O) groups is 2. The van der Waals surface area contributed by atoms with Crippen molar-refractivity contribution in [3.8, 4) is 0 Å². The van der Waals surface area contributed by atoms with Crippen LogP contribution in [0, 0.1) is 34.5 Å². The average Bonchev–Trinajstić information content (AvgIpc) is 3.69. The van der Waals surface area contributed by atoms with Crippen molar-refractivity contribution in [3.63, 3.8) is 0 Å². The number of hydrogen-bond acceptors (Lipinski definition) is 6. The summed E-state index contributed by atoms with van der Waals surface area (Å²) in [6, 6.07) is 0. The van der Waals surface area contributed by atoms with E-state index in [-0.39, 0.29) is 52.4 Å². The number of hydrogen-bond donors (Lipinski definition) is 4. The zero-order chi connectivity index (χ0) is 37.3. The van der Waals surface area contributed by atoms with Crippen LogP contribution in [-0.2, 0) is 9.53 Å². The summed E-state index contributed by atoms with van der Waals surface area (Å²) in [4.78, 5) is 36.9. The van der Waals surface area contributed by atoms with Gasteiger partial charge in [-0.15, -0.1) is 5.10 Å². The van der Waals surface area contributed by atoms with Crippen molar-refractivity contribution in [2.24, 2.45) is 34.5 Å². The number of aromatic amines is 2. The lowest BCUT2D eigenvalue weighted by atomic mass is 9.59. The van der Waals surface area contributed by atoms with Crippen LogP contribution in [0.25, 0.3) is 11.7 Å². The minimum atomic E-state index is -0.411. The van der Waals surface area contributed by atoms with Crippen molar-refractivity contribution in [2.75, 3.05) is 10.6 Å². The lowest BCUT2D eigenvalue weighted by Gasteiger charge is -2.50. The highest BCUT2D eigenvalue weighted by Crippen LogP contribution is 2.50. The fourth-order valence-corrected chi connectivity index (χ4v) is 7.74. The van der Waals surface area contributed by atoms with E-state index in [0.717, 1.165) is 37.7 Å². The van der Waals surface area contributed by atoms with Crippen molar-refractivity contribution in [2.45, 2.75) is 146 Å². The lowest BCUT2D eigenvalue weighted by Crippen LogP contribution is -2.49. The Hall–Kier alpha value is -3.56. The molecular formula is C40H65N7O3. The van der Waals surface area contributed by atoms with Crippen LogP contribution in [0.15, 0.2) is 6.58 Å². The number of amides is 1.